The fourth-order valence-electron chi connectivity index (χ4n) is 5.05. The van der Waals surface area contributed by atoms with Crippen LogP contribution in [0.4, 0.5) is 10.1 Å². The zero-order chi connectivity index (χ0) is 30.0. The standard InChI is InChI=1S/C30H34FN3O7S/c1-19-14-34(20(2)17-35)30(36)25-13-23(32-42(37,38)24-8-5-22(31)6-9-24)7-11-26(25)41-29(19)16-33(3)15-21-4-10-27-28(12-21)40-18-39-27/h4-13,19-20,29,32,35H,14-18H2,1-3H3/t19-,20-,29+/m0/s1. The van der Waals surface area contributed by atoms with E-state index in [2.05, 4.69) is 9.62 Å². The van der Waals surface area contributed by atoms with Gasteiger partial charge in [0.2, 0.25) is 6.79 Å². The first kappa shape index (κ1) is 29.6. The summed E-state index contributed by atoms with van der Waals surface area (Å²) >= 11 is 0. The smallest absolute Gasteiger partial charge is 0.261 e. The summed E-state index contributed by atoms with van der Waals surface area (Å²) in [5.74, 6) is 0.718. The first-order valence-electron chi connectivity index (χ1n) is 13.6. The fraction of sp³-hybridized carbons (Fsp3) is 0.367. The van der Waals surface area contributed by atoms with Crippen molar-refractivity contribution < 1.29 is 36.9 Å². The van der Waals surface area contributed by atoms with Gasteiger partial charge in [-0.2, -0.15) is 0 Å². The number of nitrogens with one attached hydrogen (secondary N) is 1. The van der Waals surface area contributed by atoms with Crippen molar-refractivity contribution in [2.24, 2.45) is 5.92 Å². The van der Waals surface area contributed by atoms with E-state index in [4.69, 9.17) is 14.2 Å². The molecule has 3 atom stereocenters. The van der Waals surface area contributed by atoms with Crippen LogP contribution in [-0.2, 0) is 16.6 Å². The number of aliphatic hydroxyl groups excluding tert-OH is 1. The molecule has 2 N–H and O–H groups in total. The summed E-state index contributed by atoms with van der Waals surface area (Å²) in [7, 11) is -2.06. The molecule has 0 spiro atoms. The number of amides is 1. The number of sulfonamides is 1. The largest absolute Gasteiger partial charge is 0.488 e. The summed E-state index contributed by atoms with van der Waals surface area (Å²) in [4.78, 5) is 17.3. The van der Waals surface area contributed by atoms with E-state index in [0.29, 0.717) is 31.1 Å². The van der Waals surface area contributed by atoms with Gasteiger partial charge in [0, 0.05) is 31.2 Å². The Kier molecular flexibility index (Phi) is 8.58. The van der Waals surface area contributed by atoms with Crippen molar-refractivity contribution in [1.82, 2.24) is 9.80 Å². The molecule has 0 fully saturated rings. The number of benzene rings is 3. The summed E-state index contributed by atoms with van der Waals surface area (Å²) in [6, 6.07) is 14.3. The molecule has 42 heavy (non-hydrogen) atoms. The van der Waals surface area contributed by atoms with Crippen molar-refractivity contribution in [1.29, 1.82) is 0 Å². The highest BCUT2D eigenvalue weighted by Crippen LogP contribution is 2.34. The second kappa shape index (κ2) is 12.2. The van der Waals surface area contributed by atoms with Gasteiger partial charge >= 0.3 is 0 Å². The molecule has 3 aromatic rings. The number of ether oxygens (including phenoxy) is 3. The molecule has 0 radical (unpaired) electrons. The van der Waals surface area contributed by atoms with Gasteiger partial charge < -0.3 is 24.2 Å². The maximum Gasteiger partial charge on any atom is 0.261 e. The van der Waals surface area contributed by atoms with Gasteiger partial charge in [-0.25, -0.2) is 12.8 Å². The average molecular weight is 600 g/mol. The number of hydrogen-bond donors (Lipinski definition) is 2. The fourth-order valence-corrected chi connectivity index (χ4v) is 6.10. The summed E-state index contributed by atoms with van der Waals surface area (Å²) in [6.07, 6.45) is -0.328. The lowest BCUT2D eigenvalue weighted by molar-refractivity contribution is 0.0341. The summed E-state index contributed by atoms with van der Waals surface area (Å²) in [6.45, 7) is 5.21. The summed E-state index contributed by atoms with van der Waals surface area (Å²) in [5.41, 5.74) is 1.37. The molecule has 224 valence electrons. The Morgan fingerprint density at radius 3 is 2.52 bits per heavy atom. The number of carbonyl (C=O) groups excluding carboxylic acids is 1. The molecule has 1 amide bonds. The van der Waals surface area contributed by atoms with Crippen LogP contribution in [0.25, 0.3) is 0 Å². The van der Waals surface area contributed by atoms with Crippen LogP contribution in [0.2, 0.25) is 0 Å². The molecule has 10 nitrogen and oxygen atoms in total. The van der Waals surface area contributed by atoms with E-state index in [9.17, 15) is 22.7 Å². The van der Waals surface area contributed by atoms with E-state index in [1.54, 1.807) is 17.9 Å². The highest BCUT2D eigenvalue weighted by Gasteiger charge is 2.34. The van der Waals surface area contributed by atoms with E-state index >= 15 is 0 Å². The number of aliphatic hydroxyl groups is 1. The summed E-state index contributed by atoms with van der Waals surface area (Å²) < 4.78 is 59.0. The van der Waals surface area contributed by atoms with Gasteiger partial charge in [-0.1, -0.05) is 13.0 Å². The maximum absolute atomic E-state index is 13.7. The lowest BCUT2D eigenvalue weighted by atomic mass is 9.99. The predicted octanol–water partition coefficient (Wildman–Crippen LogP) is 3.71. The Labute approximate surface area is 244 Å². The van der Waals surface area contributed by atoms with Crippen molar-refractivity contribution in [3.05, 3.63) is 77.6 Å². The SMILES string of the molecule is C[C@H]1CN([C@@H](C)CO)C(=O)c2cc(NS(=O)(=O)c3ccc(F)cc3)ccc2O[C@@H]1CN(C)Cc1ccc2c(c1)OCO2. The highest BCUT2D eigenvalue weighted by molar-refractivity contribution is 7.92. The molecule has 0 aliphatic carbocycles. The number of fused-ring (bicyclic) bond motifs is 2. The maximum atomic E-state index is 13.7. The first-order chi connectivity index (χ1) is 20.0. The molecule has 2 heterocycles. The number of nitrogens with zero attached hydrogens (tertiary/aromatic N) is 2. The number of hydrogen-bond acceptors (Lipinski definition) is 8. The van der Waals surface area contributed by atoms with Crippen molar-refractivity contribution in [3.63, 3.8) is 0 Å². The second-order valence-electron chi connectivity index (χ2n) is 10.8. The first-order valence-corrected chi connectivity index (χ1v) is 15.1. The minimum Gasteiger partial charge on any atom is -0.488 e. The van der Waals surface area contributed by atoms with Crippen LogP contribution < -0.4 is 18.9 Å². The third-order valence-corrected chi connectivity index (χ3v) is 8.82. The zero-order valence-electron chi connectivity index (χ0n) is 23.6. The molecule has 3 aromatic carbocycles. The van der Waals surface area contributed by atoms with Crippen molar-refractivity contribution in [2.45, 2.75) is 37.4 Å². The van der Waals surface area contributed by atoms with E-state index in [1.165, 1.54) is 12.1 Å². The van der Waals surface area contributed by atoms with E-state index in [1.807, 2.05) is 32.2 Å². The molecule has 0 saturated heterocycles. The molecule has 2 aliphatic heterocycles. The third-order valence-electron chi connectivity index (χ3n) is 7.42. The van der Waals surface area contributed by atoms with Crippen molar-refractivity contribution >= 4 is 21.6 Å². The van der Waals surface area contributed by atoms with E-state index in [-0.39, 0.29) is 47.5 Å². The van der Waals surface area contributed by atoms with Crippen LogP contribution in [0.1, 0.15) is 29.8 Å². The van der Waals surface area contributed by atoms with Crippen LogP contribution in [0.3, 0.4) is 0 Å². The van der Waals surface area contributed by atoms with Gasteiger partial charge in [-0.3, -0.25) is 14.4 Å². The number of carbonyl (C=O) groups is 1. The monoisotopic (exact) mass is 599 g/mol. The molecule has 0 saturated carbocycles. The molecule has 0 bridgehead atoms. The van der Waals surface area contributed by atoms with Crippen LogP contribution in [0, 0.1) is 11.7 Å². The van der Waals surface area contributed by atoms with Crippen LogP contribution in [0.15, 0.2) is 65.6 Å². The van der Waals surface area contributed by atoms with E-state index < -0.39 is 21.9 Å². The number of likely N-dealkylation sites (N-methyl/N-ethyl adjacent to an activating group) is 1. The van der Waals surface area contributed by atoms with Gasteiger partial charge in [-0.05, 0) is 74.1 Å². The third kappa shape index (κ3) is 6.45. The van der Waals surface area contributed by atoms with Crippen molar-refractivity contribution in [3.8, 4) is 17.2 Å². The lowest BCUT2D eigenvalue weighted by Gasteiger charge is -2.38. The topological polar surface area (TPSA) is 118 Å². The quantitative estimate of drug-likeness (QED) is 0.383. The molecular weight excluding hydrogens is 565 g/mol. The van der Waals surface area contributed by atoms with Crippen LogP contribution in [0.5, 0.6) is 17.2 Å². The Balaban J connectivity index is 1.40. The van der Waals surface area contributed by atoms with Gasteiger partial charge in [0.25, 0.3) is 15.9 Å². The molecule has 0 unspecified atom stereocenters. The Morgan fingerprint density at radius 1 is 1.07 bits per heavy atom. The molecular formula is C30H34FN3O7S. The minimum atomic E-state index is -4.04. The normalized spacial score (nSPS) is 19.1. The number of anilines is 1. The van der Waals surface area contributed by atoms with Gasteiger partial charge in [0.1, 0.15) is 17.7 Å². The molecule has 12 heteroatoms. The predicted molar refractivity (Wildman–Crippen MR) is 154 cm³/mol. The molecule has 2 aliphatic rings. The Hall–Kier alpha value is -3.87. The van der Waals surface area contributed by atoms with Crippen LogP contribution >= 0.6 is 0 Å². The number of rotatable bonds is 9. The molecule has 5 rings (SSSR count). The zero-order valence-corrected chi connectivity index (χ0v) is 24.4. The Bertz CT molecular complexity index is 1550. The average Bonchev–Trinajstić information content (AvgIpc) is 3.43. The van der Waals surface area contributed by atoms with Gasteiger partial charge in [-0.15, -0.1) is 0 Å². The Morgan fingerprint density at radius 2 is 1.79 bits per heavy atom. The summed E-state index contributed by atoms with van der Waals surface area (Å²) in [5, 5.41) is 9.93. The number of halogens is 1. The van der Waals surface area contributed by atoms with Gasteiger partial charge in [0.15, 0.2) is 11.5 Å². The van der Waals surface area contributed by atoms with E-state index in [0.717, 1.165) is 35.6 Å². The van der Waals surface area contributed by atoms with Gasteiger partial charge in [0.05, 0.1) is 23.1 Å². The lowest BCUT2D eigenvalue weighted by Crippen LogP contribution is -2.49. The highest BCUT2D eigenvalue weighted by atomic mass is 32.2. The second-order valence-corrected chi connectivity index (χ2v) is 12.5. The minimum absolute atomic E-state index is 0.0908. The van der Waals surface area contributed by atoms with Crippen LogP contribution in [-0.4, -0.2) is 74.9 Å². The molecule has 0 aromatic heterocycles. The van der Waals surface area contributed by atoms with Crippen molar-refractivity contribution in [2.75, 3.05) is 38.3 Å².